The molecule has 0 bridgehead atoms. The van der Waals surface area contributed by atoms with Crippen LogP contribution in [0, 0.1) is 16.7 Å². The predicted octanol–water partition coefficient (Wildman–Crippen LogP) is 2.27. The minimum Gasteiger partial charge on any atom is -0.316 e. The molecule has 0 saturated heterocycles. The van der Waals surface area contributed by atoms with Gasteiger partial charge in [0.25, 0.3) is 0 Å². The van der Waals surface area contributed by atoms with E-state index in [1.165, 1.54) is 5.56 Å². The third-order valence-electron chi connectivity index (χ3n) is 3.06. The lowest BCUT2D eigenvalue weighted by molar-refractivity contribution is 0.423. The molecule has 1 N–H and O–H groups in total. The highest BCUT2D eigenvalue weighted by Crippen LogP contribution is 2.21. The van der Waals surface area contributed by atoms with Crippen LogP contribution in [-0.4, -0.2) is 22.9 Å². The number of hydrogen-bond donors (Lipinski definition) is 1. The Balaban J connectivity index is 1.98. The summed E-state index contributed by atoms with van der Waals surface area (Å²) in [5.74, 6) is 0. The molecular weight excluding hydrogens is 224 g/mol. The molecule has 1 aromatic heterocycles. The average molecular weight is 248 g/mol. The first kappa shape index (κ1) is 14.7. The Hall–Kier alpha value is -1.34. The molecule has 0 radical (unpaired) electrons. The Kier molecular flexibility index (Phi) is 5.87. The fraction of sp³-hybridized carbons (Fsp3) is 0.714. The first-order valence-electron chi connectivity index (χ1n) is 6.63. The summed E-state index contributed by atoms with van der Waals surface area (Å²) in [5, 5.41) is 16.5. The van der Waals surface area contributed by atoms with Gasteiger partial charge in [-0.15, -0.1) is 0 Å². The van der Waals surface area contributed by atoms with Crippen molar-refractivity contribution < 1.29 is 0 Å². The third-order valence-corrected chi connectivity index (χ3v) is 3.06. The summed E-state index contributed by atoms with van der Waals surface area (Å²) >= 11 is 0. The zero-order valence-electron chi connectivity index (χ0n) is 11.7. The minimum absolute atomic E-state index is 0.171. The zero-order valence-corrected chi connectivity index (χ0v) is 11.7. The molecule has 0 fully saturated rings. The second-order valence-corrected chi connectivity index (χ2v) is 5.48. The van der Waals surface area contributed by atoms with Crippen LogP contribution < -0.4 is 5.32 Å². The minimum atomic E-state index is -0.171. The lowest BCUT2D eigenvalue weighted by Gasteiger charge is -2.14. The van der Waals surface area contributed by atoms with E-state index in [-0.39, 0.29) is 5.41 Å². The number of aryl methyl sites for hydroxylation is 1. The van der Waals surface area contributed by atoms with E-state index in [1.807, 2.05) is 31.8 Å². The molecule has 4 heteroatoms. The summed E-state index contributed by atoms with van der Waals surface area (Å²) in [7, 11) is 1.94. The smallest absolute Gasteiger partial charge is 0.0683 e. The third kappa shape index (κ3) is 5.83. The molecule has 1 aromatic rings. The molecule has 0 aliphatic heterocycles. The van der Waals surface area contributed by atoms with Crippen molar-refractivity contribution in [2.24, 2.45) is 12.5 Å². The van der Waals surface area contributed by atoms with Crippen molar-refractivity contribution >= 4 is 0 Å². The Morgan fingerprint density at radius 1 is 1.39 bits per heavy atom. The molecule has 0 saturated carbocycles. The van der Waals surface area contributed by atoms with Gasteiger partial charge in [-0.25, -0.2) is 0 Å². The number of nitriles is 1. The van der Waals surface area contributed by atoms with Gasteiger partial charge in [0, 0.05) is 13.2 Å². The number of nitrogens with one attached hydrogen (secondary N) is 1. The summed E-state index contributed by atoms with van der Waals surface area (Å²) in [4.78, 5) is 0. The van der Waals surface area contributed by atoms with Crippen LogP contribution in [-0.2, 0) is 13.5 Å². The van der Waals surface area contributed by atoms with Crippen molar-refractivity contribution in [1.29, 1.82) is 5.26 Å². The number of aromatic nitrogens is 2. The number of unbranched alkanes of at least 4 members (excludes halogenated alkanes) is 1. The van der Waals surface area contributed by atoms with Gasteiger partial charge in [0.1, 0.15) is 0 Å². The second kappa shape index (κ2) is 7.17. The van der Waals surface area contributed by atoms with Gasteiger partial charge in [-0.05, 0) is 51.8 Å². The van der Waals surface area contributed by atoms with E-state index in [1.54, 1.807) is 0 Å². The monoisotopic (exact) mass is 248 g/mol. The molecular formula is C14H24N4. The van der Waals surface area contributed by atoms with E-state index in [0.29, 0.717) is 0 Å². The summed E-state index contributed by atoms with van der Waals surface area (Å²) in [6, 6.07) is 2.34. The van der Waals surface area contributed by atoms with E-state index in [4.69, 9.17) is 5.26 Å². The quantitative estimate of drug-likeness (QED) is 0.718. The summed E-state index contributed by atoms with van der Waals surface area (Å²) in [6.07, 6.45) is 8.22. The summed E-state index contributed by atoms with van der Waals surface area (Å²) < 4.78 is 1.83. The van der Waals surface area contributed by atoms with Crippen LogP contribution in [0.5, 0.6) is 0 Å². The molecule has 0 aromatic carbocycles. The van der Waals surface area contributed by atoms with E-state index in [9.17, 15) is 0 Å². The van der Waals surface area contributed by atoms with Gasteiger partial charge in [-0.3, -0.25) is 4.68 Å². The van der Waals surface area contributed by atoms with Crippen LogP contribution in [0.1, 0.15) is 38.7 Å². The maximum Gasteiger partial charge on any atom is 0.0683 e. The topological polar surface area (TPSA) is 53.6 Å². The van der Waals surface area contributed by atoms with Crippen molar-refractivity contribution in [3.63, 3.8) is 0 Å². The Morgan fingerprint density at radius 2 is 2.17 bits per heavy atom. The molecule has 0 aliphatic carbocycles. The molecule has 1 rings (SSSR count). The molecule has 0 aliphatic rings. The van der Waals surface area contributed by atoms with E-state index in [0.717, 1.165) is 38.8 Å². The molecule has 0 spiro atoms. The van der Waals surface area contributed by atoms with Gasteiger partial charge < -0.3 is 5.32 Å². The van der Waals surface area contributed by atoms with Crippen LogP contribution in [0.3, 0.4) is 0 Å². The maximum atomic E-state index is 8.89. The lowest BCUT2D eigenvalue weighted by Crippen LogP contribution is -2.19. The molecule has 0 amide bonds. The normalized spacial score (nSPS) is 11.4. The molecule has 1 heterocycles. The molecule has 18 heavy (non-hydrogen) atoms. The van der Waals surface area contributed by atoms with Crippen molar-refractivity contribution in [3.8, 4) is 6.07 Å². The molecule has 100 valence electrons. The van der Waals surface area contributed by atoms with Crippen molar-refractivity contribution in [2.75, 3.05) is 13.1 Å². The van der Waals surface area contributed by atoms with Crippen LogP contribution in [0.4, 0.5) is 0 Å². The Morgan fingerprint density at radius 3 is 2.78 bits per heavy atom. The highest BCUT2D eigenvalue weighted by atomic mass is 15.2. The van der Waals surface area contributed by atoms with Gasteiger partial charge in [-0.1, -0.05) is 6.42 Å². The van der Waals surface area contributed by atoms with Gasteiger partial charge >= 0.3 is 0 Å². The summed E-state index contributed by atoms with van der Waals surface area (Å²) in [5.41, 5.74) is 1.10. The highest BCUT2D eigenvalue weighted by molar-refractivity contribution is 5.03. The fourth-order valence-corrected chi connectivity index (χ4v) is 1.83. The molecule has 0 atom stereocenters. The number of hydrogen-bond acceptors (Lipinski definition) is 3. The SMILES string of the molecule is Cn1cc(CCNCCCCC(C)(C)C#N)cn1. The van der Waals surface area contributed by atoms with E-state index < -0.39 is 0 Å². The number of rotatable bonds is 8. The Bertz CT molecular complexity index is 387. The van der Waals surface area contributed by atoms with Crippen molar-refractivity contribution in [3.05, 3.63) is 18.0 Å². The summed E-state index contributed by atoms with van der Waals surface area (Å²) in [6.45, 7) is 6.03. The van der Waals surface area contributed by atoms with E-state index >= 15 is 0 Å². The molecule has 4 nitrogen and oxygen atoms in total. The largest absolute Gasteiger partial charge is 0.316 e. The van der Waals surface area contributed by atoms with Gasteiger partial charge in [0.05, 0.1) is 17.7 Å². The maximum absolute atomic E-state index is 8.89. The van der Waals surface area contributed by atoms with Crippen LogP contribution in [0.15, 0.2) is 12.4 Å². The van der Waals surface area contributed by atoms with Gasteiger partial charge in [0.2, 0.25) is 0 Å². The van der Waals surface area contributed by atoms with Crippen molar-refractivity contribution in [1.82, 2.24) is 15.1 Å². The standard InChI is InChI=1S/C14H24N4/c1-14(2,12-15)7-4-5-8-16-9-6-13-10-17-18(3)11-13/h10-11,16H,4-9H2,1-3H3. The predicted molar refractivity (Wildman–Crippen MR) is 73.0 cm³/mol. The Labute approximate surface area is 110 Å². The van der Waals surface area contributed by atoms with Crippen LogP contribution in [0.2, 0.25) is 0 Å². The molecule has 0 unspecified atom stereocenters. The first-order chi connectivity index (χ1) is 8.53. The average Bonchev–Trinajstić information content (AvgIpc) is 2.74. The van der Waals surface area contributed by atoms with Gasteiger partial charge in [0.15, 0.2) is 0 Å². The number of nitrogens with zero attached hydrogens (tertiary/aromatic N) is 3. The second-order valence-electron chi connectivity index (χ2n) is 5.48. The van der Waals surface area contributed by atoms with Crippen LogP contribution >= 0.6 is 0 Å². The fourth-order valence-electron chi connectivity index (χ4n) is 1.83. The highest BCUT2D eigenvalue weighted by Gasteiger charge is 2.15. The van der Waals surface area contributed by atoms with Crippen molar-refractivity contribution in [2.45, 2.75) is 39.5 Å². The zero-order chi connectivity index (χ0) is 13.4. The van der Waals surface area contributed by atoms with Crippen LogP contribution in [0.25, 0.3) is 0 Å². The van der Waals surface area contributed by atoms with E-state index in [2.05, 4.69) is 22.7 Å². The first-order valence-corrected chi connectivity index (χ1v) is 6.63. The van der Waals surface area contributed by atoms with Gasteiger partial charge in [-0.2, -0.15) is 10.4 Å². The lowest BCUT2D eigenvalue weighted by atomic mass is 9.89.